The lowest BCUT2D eigenvalue weighted by molar-refractivity contribution is -0.385. The van der Waals surface area contributed by atoms with E-state index in [4.69, 9.17) is 9.47 Å². The Morgan fingerprint density at radius 1 is 1.21 bits per heavy atom. The van der Waals surface area contributed by atoms with E-state index in [1.165, 1.54) is 13.2 Å². The van der Waals surface area contributed by atoms with Crippen molar-refractivity contribution in [1.29, 1.82) is 0 Å². The third-order valence-corrected chi connectivity index (χ3v) is 4.96. The first-order valence-corrected chi connectivity index (χ1v) is 9.53. The number of nitrogens with zero attached hydrogens (tertiary/aromatic N) is 2. The van der Waals surface area contributed by atoms with Crippen LogP contribution in [0.25, 0.3) is 6.08 Å². The van der Waals surface area contributed by atoms with E-state index < -0.39 is 4.92 Å². The monoisotopic (exact) mass is 396 g/mol. The summed E-state index contributed by atoms with van der Waals surface area (Å²) in [4.78, 5) is 24.6. The fourth-order valence-corrected chi connectivity index (χ4v) is 3.29. The van der Waals surface area contributed by atoms with Crippen LogP contribution in [-0.2, 0) is 11.3 Å². The van der Waals surface area contributed by atoms with Crippen molar-refractivity contribution in [3.05, 3.63) is 75.8 Å². The first-order chi connectivity index (χ1) is 14.1. The zero-order valence-electron chi connectivity index (χ0n) is 16.3. The van der Waals surface area contributed by atoms with Gasteiger partial charge in [0.05, 0.1) is 12.0 Å². The summed E-state index contributed by atoms with van der Waals surface area (Å²) in [6.07, 6.45) is 5.31. The average Bonchev–Trinajstić information content (AvgIpc) is 2.76. The van der Waals surface area contributed by atoms with Crippen LogP contribution >= 0.6 is 0 Å². The number of ether oxygens (including phenoxy) is 2. The average molecular weight is 396 g/mol. The molecule has 0 bridgehead atoms. The second kappa shape index (κ2) is 9.73. The molecular weight excluding hydrogens is 372 g/mol. The van der Waals surface area contributed by atoms with E-state index in [-0.39, 0.29) is 24.1 Å². The van der Waals surface area contributed by atoms with Crippen LogP contribution in [0.15, 0.2) is 54.6 Å². The van der Waals surface area contributed by atoms with Gasteiger partial charge in [0.2, 0.25) is 0 Å². The summed E-state index contributed by atoms with van der Waals surface area (Å²) < 4.78 is 10.4. The van der Waals surface area contributed by atoms with Gasteiger partial charge in [0, 0.05) is 19.2 Å². The smallest absolute Gasteiger partial charge is 0.410 e. The number of likely N-dealkylation sites (tertiary alicyclic amines) is 1. The third kappa shape index (κ3) is 5.57. The fraction of sp³-hybridized carbons (Fsp3) is 0.318. The van der Waals surface area contributed by atoms with Crippen molar-refractivity contribution in [3.8, 4) is 5.75 Å². The number of piperidine rings is 1. The molecule has 0 aliphatic carbocycles. The second-order valence-corrected chi connectivity index (χ2v) is 6.91. The SMILES string of the molecule is COc1ccc(/C=C\C2CCN(C(=O)OCc3ccccc3)CC2)cc1[N+](=O)[O-]. The quantitative estimate of drug-likeness (QED) is 0.524. The highest BCUT2D eigenvalue weighted by Gasteiger charge is 2.22. The van der Waals surface area contributed by atoms with Crippen LogP contribution < -0.4 is 4.74 Å². The molecule has 1 heterocycles. The molecule has 152 valence electrons. The topological polar surface area (TPSA) is 81.9 Å². The number of benzene rings is 2. The summed E-state index contributed by atoms with van der Waals surface area (Å²) in [7, 11) is 1.41. The van der Waals surface area contributed by atoms with Crippen molar-refractivity contribution >= 4 is 17.9 Å². The highest BCUT2D eigenvalue weighted by molar-refractivity contribution is 5.67. The van der Waals surface area contributed by atoms with Crippen LogP contribution in [0.5, 0.6) is 5.75 Å². The van der Waals surface area contributed by atoms with Gasteiger partial charge >= 0.3 is 11.8 Å². The minimum atomic E-state index is -0.449. The lowest BCUT2D eigenvalue weighted by atomic mass is 9.96. The third-order valence-electron chi connectivity index (χ3n) is 4.96. The van der Waals surface area contributed by atoms with Crippen LogP contribution in [0.4, 0.5) is 10.5 Å². The molecule has 7 heteroatoms. The molecule has 7 nitrogen and oxygen atoms in total. The van der Waals surface area contributed by atoms with E-state index in [1.807, 2.05) is 36.4 Å². The van der Waals surface area contributed by atoms with E-state index in [1.54, 1.807) is 17.0 Å². The molecule has 1 saturated heterocycles. The predicted octanol–water partition coefficient (Wildman–Crippen LogP) is 4.67. The summed E-state index contributed by atoms with van der Waals surface area (Å²) in [6, 6.07) is 14.5. The van der Waals surface area contributed by atoms with Crippen LogP contribution in [0, 0.1) is 16.0 Å². The van der Waals surface area contributed by atoms with Crippen molar-refractivity contribution in [1.82, 2.24) is 4.90 Å². The van der Waals surface area contributed by atoms with Gasteiger partial charge < -0.3 is 14.4 Å². The molecule has 0 radical (unpaired) electrons. The van der Waals surface area contributed by atoms with Crippen LogP contribution in [0.2, 0.25) is 0 Å². The van der Waals surface area contributed by atoms with E-state index in [0.717, 1.165) is 24.0 Å². The Bertz CT molecular complexity index is 874. The Hall–Kier alpha value is -3.35. The van der Waals surface area contributed by atoms with Crippen molar-refractivity contribution in [3.63, 3.8) is 0 Å². The molecule has 1 amide bonds. The molecule has 2 aromatic rings. The van der Waals surface area contributed by atoms with Crippen LogP contribution in [0.1, 0.15) is 24.0 Å². The Kier molecular flexibility index (Phi) is 6.84. The van der Waals surface area contributed by atoms with Gasteiger partial charge in [-0.3, -0.25) is 10.1 Å². The Labute approximate surface area is 169 Å². The maximum Gasteiger partial charge on any atom is 0.410 e. The molecule has 0 aromatic heterocycles. The molecule has 2 aromatic carbocycles. The molecule has 1 aliphatic rings. The number of hydrogen-bond acceptors (Lipinski definition) is 5. The molecule has 1 aliphatic heterocycles. The number of allylic oxidation sites excluding steroid dienone is 1. The summed E-state index contributed by atoms with van der Waals surface area (Å²) in [5.74, 6) is 0.559. The maximum atomic E-state index is 12.2. The number of carbonyl (C=O) groups is 1. The molecular formula is C22H24N2O5. The van der Waals surface area contributed by atoms with Crippen molar-refractivity contribution in [2.24, 2.45) is 5.92 Å². The van der Waals surface area contributed by atoms with Crippen molar-refractivity contribution < 1.29 is 19.2 Å². The van der Waals surface area contributed by atoms with Crippen molar-refractivity contribution in [2.45, 2.75) is 19.4 Å². The van der Waals surface area contributed by atoms with E-state index >= 15 is 0 Å². The lowest BCUT2D eigenvalue weighted by Gasteiger charge is -2.30. The van der Waals surface area contributed by atoms with Crippen LogP contribution in [-0.4, -0.2) is 36.1 Å². The number of nitro groups is 1. The Balaban J connectivity index is 1.50. The normalized spacial score (nSPS) is 14.7. The maximum absolute atomic E-state index is 12.2. The molecule has 0 atom stereocenters. The summed E-state index contributed by atoms with van der Waals surface area (Å²) in [5, 5.41) is 11.1. The minimum Gasteiger partial charge on any atom is -0.490 e. The van der Waals surface area contributed by atoms with Gasteiger partial charge in [-0.2, -0.15) is 0 Å². The van der Waals surface area contributed by atoms with Gasteiger partial charge in [0.1, 0.15) is 6.61 Å². The summed E-state index contributed by atoms with van der Waals surface area (Å²) in [5.41, 5.74) is 1.67. The molecule has 0 spiro atoms. The van der Waals surface area contributed by atoms with E-state index in [2.05, 4.69) is 6.08 Å². The highest BCUT2D eigenvalue weighted by Crippen LogP contribution is 2.28. The van der Waals surface area contributed by atoms with Gasteiger partial charge in [-0.15, -0.1) is 0 Å². The molecule has 3 rings (SSSR count). The first kappa shape index (κ1) is 20.4. The van der Waals surface area contributed by atoms with Crippen molar-refractivity contribution in [2.75, 3.05) is 20.2 Å². The van der Waals surface area contributed by atoms with Gasteiger partial charge in [-0.05, 0) is 36.0 Å². The summed E-state index contributed by atoms with van der Waals surface area (Å²) >= 11 is 0. The predicted molar refractivity (Wildman–Crippen MR) is 110 cm³/mol. The first-order valence-electron chi connectivity index (χ1n) is 9.53. The molecule has 0 N–H and O–H groups in total. The number of methoxy groups -OCH3 is 1. The number of rotatable bonds is 6. The van der Waals surface area contributed by atoms with Gasteiger partial charge in [0.25, 0.3) is 0 Å². The number of amides is 1. The van der Waals surface area contributed by atoms with Gasteiger partial charge in [-0.1, -0.05) is 48.6 Å². The lowest BCUT2D eigenvalue weighted by Crippen LogP contribution is -2.38. The highest BCUT2D eigenvalue weighted by atomic mass is 16.6. The number of hydrogen-bond donors (Lipinski definition) is 0. The Morgan fingerprint density at radius 3 is 2.59 bits per heavy atom. The van der Waals surface area contributed by atoms with Crippen LogP contribution in [0.3, 0.4) is 0 Å². The molecule has 1 fully saturated rings. The fourth-order valence-electron chi connectivity index (χ4n) is 3.29. The molecule has 29 heavy (non-hydrogen) atoms. The number of carbonyl (C=O) groups excluding carboxylic acids is 1. The Morgan fingerprint density at radius 2 is 1.93 bits per heavy atom. The largest absolute Gasteiger partial charge is 0.490 e. The second-order valence-electron chi connectivity index (χ2n) is 6.91. The minimum absolute atomic E-state index is 0.0503. The molecule has 0 saturated carbocycles. The molecule has 0 unspecified atom stereocenters. The van der Waals surface area contributed by atoms with Gasteiger partial charge in [-0.25, -0.2) is 4.79 Å². The zero-order chi connectivity index (χ0) is 20.6. The van der Waals surface area contributed by atoms with E-state index in [9.17, 15) is 14.9 Å². The standard InChI is InChI=1S/C22H24N2O5/c1-28-21-10-9-18(15-20(21)24(26)27)8-7-17-11-13-23(14-12-17)22(25)29-16-19-5-3-2-4-6-19/h2-10,15,17H,11-14,16H2,1H3/b8-7-. The summed E-state index contributed by atoms with van der Waals surface area (Å²) in [6.45, 7) is 1.53. The van der Waals surface area contributed by atoms with Gasteiger partial charge in [0.15, 0.2) is 5.75 Å². The van der Waals surface area contributed by atoms with E-state index in [0.29, 0.717) is 19.0 Å². The number of nitro benzene ring substituents is 1. The zero-order valence-corrected chi connectivity index (χ0v) is 16.3.